The van der Waals surface area contributed by atoms with Crippen LogP contribution in [0.5, 0.6) is 5.75 Å². The van der Waals surface area contributed by atoms with E-state index < -0.39 is 0 Å². The Bertz CT molecular complexity index is 286. The van der Waals surface area contributed by atoms with Gasteiger partial charge in [-0.1, -0.05) is 6.07 Å². The maximum atomic E-state index is 13.1. The van der Waals surface area contributed by atoms with Crippen molar-refractivity contribution in [2.24, 2.45) is 5.73 Å². The summed E-state index contributed by atoms with van der Waals surface area (Å²) in [5.41, 5.74) is 6.53. The molecule has 13 heavy (non-hydrogen) atoms. The molecule has 0 aliphatic rings. The molecule has 2 nitrogen and oxygen atoms in total. The first-order valence-electron chi connectivity index (χ1n) is 4.33. The lowest BCUT2D eigenvalue weighted by atomic mass is 10.1. The van der Waals surface area contributed by atoms with E-state index in [9.17, 15) is 4.39 Å². The van der Waals surface area contributed by atoms with Crippen molar-refractivity contribution in [3.8, 4) is 5.75 Å². The third kappa shape index (κ3) is 2.42. The van der Waals surface area contributed by atoms with Gasteiger partial charge in [0, 0.05) is 6.04 Å². The number of rotatable bonds is 3. The molecular formula is C10H14FNO. The van der Waals surface area contributed by atoms with Gasteiger partial charge in [-0.3, -0.25) is 0 Å². The van der Waals surface area contributed by atoms with Crippen LogP contribution >= 0.6 is 0 Å². The number of ether oxygens (including phenoxy) is 1. The second-order valence-electron chi connectivity index (χ2n) is 2.91. The molecule has 1 atom stereocenters. The Morgan fingerprint density at radius 3 is 2.77 bits per heavy atom. The van der Waals surface area contributed by atoms with Crippen LogP contribution in [-0.2, 0) is 0 Å². The summed E-state index contributed by atoms with van der Waals surface area (Å²) < 4.78 is 18.2. The number of halogens is 1. The molecule has 2 N–H and O–H groups in total. The summed E-state index contributed by atoms with van der Waals surface area (Å²) in [7, 11) is 0. The van der Waals surface area contributed by atoms with E-state index in [1.54, 1.807) is 12.1 Å². The van der Waals surface area contributed by atoms with Crippen LogP contribution < -0.4 is 10.5 Å². The van der Waals surface area contributed by atoms with Gasteiger partial charge in [-0.25, -0.2) is 4.39 Å². The molecule has 0 aliphatic carbocycles. The highest BCUT2D eigenvalue weighted by Gasteiger charge is 2.06. The minimum atomic E-state index is -0.341. The van der Waals surface area contributed by atoms with Crippen LogP contribution in [0.1, 0.15) is 25.5 Å². The molecule has 0 saturated carbocycles. The lowest BCUT2D eigenvalue weighted by molar-refractivity contribution is 0.321. The molecule has 3 heteroatoms. The van der Waals surface area contributed by atoms with Crippen molar-refractivity contribution in [2.75, 3.05) is 6.61 Å². The third-order valence-corrected chi connectivity index (χ3v) is 1.78. The number of hydrogen-bond donors (Lipinski definition) is 1. The smallest absolute Gasteiger partial charge is 0.165 e. The fourth-order valence-corrected chi connectivity index (χ4v) is 1.07. The van der Waals surface area contributed by atoms with Gasteiger partial charge in [0.25, 0.3) is 0 Å². The molecule has 0 amide bonds. The number of nitrogens with two attached hydrogens (primary N) is 1. The Morgan fingerprint density at radius 2 is 2.23 bits per heavy atom. The van der Waals surface area contributed by atoms with Gasteiger partial charge < -0.3 is 10.5 Å². The Labute approximate surface area is 77.5 Å². The number of hydrogen-bond acceptors (Lipinski definition) is 2. The minimum Gasteiger partial charge on any atom is -0.491 e. The molecule has 1 aromatic rings. The van der Waals surface area contributed by atoms with E-state index in [-0.39, 0.29) is 17.6 Å². The first-order chi connectivity index (χ1) is 6.15. The molecule has 1 rings (SSSR count). The zero-order valence-corrected chi connectivity index (χ0v) is 7.88. The second kappa shape index (κ2) is 4.23. The summed E-state index contributed by atoms with van der Waals surface area (Å²) in [6.07, 6.45) is 0. The maximum absolute atomic E-state index is 13.1. The van der Waals surface area contributed by atoms with E-state index in [0.29, 0.717) is 6.61 Å². The average molecular weight is 183 g/mol. The van der Waals surface area contributed by atoms with E-state index in [4.69, 9.17) is 10.5 Å². The first-order valence-corrected chi connectivity index (χ1v) is 4.33. The Hall–Kier alpha value is -1.09. The molecule has 0 spiro atoms. The van der Waals surface area contributed by atoms with Crippen molar-refractivity contribution in [3.05, 3.63) is 29.6 Å². The maximum Gasteiger partial charge on any atom is 0.165 e. The predicted molar refractivity (Wildman–Crippen MR) is 50.2 cm³/mol. The normalized spacial score (nSPS) is 12.6. The van der Waals surface area contributed by atoms with Crippen LogP contribution in [0.4, 0.5) is 4.39 Å². The first kappa shape index (κ1) is 9.99. The molecule has 0 radical (unpaired) electrons. The highest BCUT2D eigenvalue weighted by Crippen LogP contribution is 2.21. The molecule has 1 aromatic carbocycles. The van der Waals surface area contributed by atoms with Gasteiger partial charge in [-0.15, -0.1) is 0 Å². The van der Waals surface area contributed by atoms with Crippen molar-refractivity contribution in [1.82, 2.24) is 0 Å². The monoisotopic (exact) mass is 183 g/mol. The lowest BCUT2D eigenvalue weighted by Gasteiger charge is -2.09. The summed E-state index contributed by atoms with van der Waals surface area (Å²) in [4.78, 5) is 0. The van der Waals surface area contributed by atoms with Crippen molar-refractivity contribution in [1.29, 1.82) is 0 Å². The van der Waals surface area contributed by atoms with Crippen LogP contribution in [0, 0.1) is 5.82 Å². The Kier molecular flexibility index (Phi) is 3.25. The van der Waals surface area contributed by atoms with Gasteiger partial charge in [0.15, 0.2) is 11.6 Å². The summed E-state index contributed by atoms with van der Waals surface area (Å²) >= 11 is 0. The van der Waals surface area contributed by atoms with Gasteiger partial charge in [-0.2, -0.15) is 0 Å². The zero-order chi connectivity index (χ0) is 9.84. The van der Waals surface area contributed by atoms with E-state index in [2.05, 4.69) is 0 Å². The van der Waals surface area contributed by atoms with Crippen LogP contribution in [0.3, 0.4) is 0 Å². The van der Waals surface area contributed by atoms with Crippen LogP contribution in [0.15, 0.2) is 18.2 Å². The molecular weight excluding hydrogens is 169 g/mol. The Balaban J connectivity index is 2.97. The standard InChI is InChI=1S/C10H14FNO/c1-3-13-10-6-8(7(2)12)4-5-9(10)11/h4-7H,3,12H2,1-2H3. The molecule has 0 aromatic heterocycles. The molecule has 72 valence electrons. The third-order valence-electron chi connectivity index (χ3n) is 1.78. The molecule has 0 saturated heterocycles. The highest BCUT2D eigenvalue weighted by atomic mass is 19.1. The zero-order valence-electron chi connectivity index (χ0n) is 7.88. The highest BCUT2D eigenvalue weighted by molar-refractivity contribution is 5.31. The minimum absolute atomic E-state index is 0.0974. The van der Waals surface area contributed by atoms with Crippen LogP contribution in [0.2, 0.25) is 0 Å². The summed E-state index contributed by atoms with van der Waals surface area (Å²) in [5, 5.41) is 0. The SMILES string of the molecule is CCOc1cc(C(C)N)ccc1F. The summed E-state index contributed by atoms with van der Waals surface area (Å²) in [5.74, 6) is -0.0662. The van der Waals surface area contributed by atoms with Crippen molar-refractivity contribution >= 4 is 0 Å². The fraction of sp³-hybridized carbons (Fsp3) is 0.400. The van der Waals surface area contributed by atoms with Crippen molar-refractivity contribution in [2.45, 2.75) is 19.9 Å². The van der Waals surface area contributed by atoms with Crippen molar-refractivity contribution in [3.63, 3.8) is 0 Å². The topological polar surface area (TPSA) is 35.2 Å². The second-order valence-corrected chi connectivity index (χ2v) is 2.91. The molecule has 0 aliphatic heterocycles. The molecule has 0 bridgehead atoms. The fourth-order valence-electron chi connectivity index (χ4n) is 1.07. The van der Waals surface area contributed by atoms with E-state index in [1.165, 1.54) is 6.07 Å². The molecule has 0 fully saturated rings. The van der Waals surface area contributed by atoms with Gasteiger partial charge in [0.2, 0.25) is 0 Å². The van der Waals surface area contributed by atoms with Crippen LogP contribution in [0.25, 0.3) is 0 Å². The largest absolute Gasteiger partial charge is 0.491 e. The quantitative estimate of drug-likeness (QED) is 0.780. The predicted octanol–water partition coefficient (Wildman–Crippen LogP) is 2.24. The van der Waals surface area contributed by atoms with Crippen LogP contribution in [-0.4, -0.2) is 6.61 Å². The number of benzene rings is 1. The molecule has 0 heterocycles. The van der Waals surface area contributed by atoms with Gasteiger partial charge in [0.1, 0.15) is 0 Å². The van der Waals surface area contributed by atoms with E-state index in [0.717, 1.165) is 5.56 Å². The lowest BCUT2D eigenvalue weighted by Crippen LogP contribution is -2.05. The summed E-state index contributed by atoms with van der Waals surface area (Å²) in [6.45, 7) is 4.13. The molecule has 1 unspecified atom stereocenters. The van der Waals surface area contributed by atoms with E-state index in [1.807, 2.05) is 13.8 Å². The average Bonchev–Trinajstić information content (AvgIpc) is 2.08. The van der Waals surface area contributed by atoms with Gasteiger partial charge in [-0.05, 0) is 31.5 Å². The Morgan fingerprint density at radius 1 is 1.54 bits per heavy atom. The van der Waals surface area contributed by atoms with E-state index >= 15 is 0 Å². The summed E-state index contributed by atoms with van der Waals surface area (Å²) in [6, 6.07) is 4.59. The van der Waals surface area contributed by atoms with Gasteiger partial charge >= 0.3 is 0 Å². The van der Waals surface area contributed by atoms with Crippen molar-refractivity contribution < 1.29 is 9.13 Å². The van der Waals surface area contributed by atoms with Gasteiger partial charge in [0.05, 0.1) is 6.61 Å².